The maximum Gasteiger partial charge on any atom is 0.472 e. The molecular weight excluding hydrogens is 644 g/mol. The van der Waals surface area contributed by atoms with E-state index in [0.717, 1.165) is 10.9 Å². The molecule has 2 bridgehead atoms. The Labute approximate surface area is 252 Å². The van der Waals surface area contributed by atoms with E-state index in [4.69, 9.17) is 34.3 Å². The number of rotatable bonds is 2. The Morgan fingerprint density at radius 1 is 1.04 bits per heavy atom. The second kappa shape index (κ2) is 11.0. The molecule has 4 aliphatic heterocycles. The molecule has 0 radical (unpaired) electrons. The number of ether oxygens (including phenoxy) is 1. The highest BCUT2D eigenvalue weighted by atomic mass is 31.2. The molecule has 1 aliphatic carbocycles. The molecule has 9 N–H and O–H groups in total. The molecule has 12 atom stereocenters. The summed E-state index contributed by atoms with van der Waals surface area (Å²) in [5.41, 5.74) is 10.7. The van der Waals surface area contributed by atoms with Gasteiger partial charge in [-0.15, -0.1) is 0 Å². The van der Waals surface area contributed by atoms with E-state index in [9.17, 15) is 33.9 Å². The Hall–Kier alpha value is -3.07. The zero-order valence-electron chi connectivity index (χ0n) is 23.0. The predicted molar refractivity (Wildman–Crippen MR) is 150 cm³/mol. The number of nitrogens with one attached hydrogen (secondary N) is 1. The molecule has 21 nitrogen and oxygen atoms in total. The van der Waals surface area contributed by atoms with Crippen molar-refractivity contribution >= 4 is 44.9 Å². The number of phosphoric ester groups is 2. The number of hydrogen-bond acceptors (Lipinski definition) is 17. The SMILES string of the molecule is NC1=NC=NC2C1C=CN2C1CC2COP(=O)(O)OC3C(O)C(COP(=O)(O)OC2C1O)OC3n1cnc2c(=O)[nH]c(N)nc21. The molecule has 12 unspecified atom stereocenters. The number of phosphoric acid groups is 2. The second-order valence-corrected chi connectivity index (χ2v) is 13.9. The number of hydrogen-bond donors (Lipinski definition) is 7. The van der Waals surface area contributed by atoms with Crippen LogP contribution in [0.4, 0.5) is 5.95 Å². The number of H-pyrrole nitrogens is 1. The predicted octanol–water partition coefficient (Wildman–Crippen LogP) is -2.10. The van der Waals surface area contributed by atoms with E-state index in [-0.39, 0.29) is 29.5 Å². The van der Waals surface area contributed by atoms with E-state index in [2.05, 4.69) is 24.9 Å². The highest BCUT2D eigenvalue weighted by Gasteiger charge is 2.54. The van der Waals surface area contributed by atoms with E-state index >= 15 is 0 Å². The van der Waals surface area contributed by atoms with Crippen LogP contribution in [0.5, 0.6) is 0 Å². The summed E-state index contributed by atoms with van der Waals surface area (Å²) in [6, 6.07) is -0.742. The molecule has 0 amide bonds. The highest BCUT2D eigenvalue weighted by molar-refractivity contribution is 7.47. The minimum absolute atomic E-state index is 0.0645. The Morgan fingerprint density at radius 2 is 1.78 bits per heavy atom. The lowest BCUT2D eigenvalue weighted by molar-refractivity contribution is -0.0621. The van der Waals surface area contributed by atoms with Crippen molar-refractivity contribution in [1.82, 2.24) is 24.4 Å². The highest BCUT2D eigenvalue weighted by Crippen LogP contribution is 2.54. The number of aliphatic hydroxyl groups is 2. The quantitative estimate of drug-likeness (QED) is 0.168. The van der Waals surface area contributed by atoms with Gasteiger partial charge < -0.3 is 41.1 Å². The molecular formula is C22H29N9O12P2. The summed E-state index contributed by atoms with van der Waals surface area (Å²) in [5.74, 6) is -1.22. The van der Waals surface area contributed by atoms with Crippen molar-refractivity contribution in [2.75, 3.05) is 18.9 Å². The number of fused-ring (bicyclic) bond motifs is 5. The average Bonchev–Trinajstić information content (AvgIpc) is 3.72. The molecule has 1 saturated carbocycles. The van der Waals surface area contributed by atoms with Crippen LogP contribution in [0.25, 0.3) is 11.2 Å². The van der Waals surface area contributed by atoms with Crippen molar-refractivity contribution < 1.29 is 52.0 Å². The molecule has 5 aliphatic rings. The van der Waals surface area contributed by atoms with Crippen LogP contribution in [-0.2, 0) is 32.0 Å². The number of amidine groups is 1. The minimum atomic E-state index is -5.01. The molecule has 3 fully saturated rings. The van der Waals surface area contributed by atoms with Crippen molar-refractivity contribution in [3.05, 3.63) is 29.0 Å². The number of aromatic amines is 1. The normalized spacial score (nSPS) is 43.4. The van der Waals surface area contributed by atoms with Crippen LogP contribution in [0.15, 0.2) is 33.4 Å². The first kappa shape index (κ1) is 30.6. The van der Waals surface area contributed by atoms with Gasteiger partial charge in [0.05, 0.1) is 31.5 Å². The second-order valence-electron chi connectivity index (χ2n) is 11.1. The summed E-state index contributed by atoms with van der Waals surface area (Å²) in [6.45, 7) is -1.34. The van der Waals surface area contributed by atoms with E-state index in [1.807, 2.05) is 0 Å². The topological polar surface area (TPSA) is 305 Å². The van der Waals surface area contributed by atoms with Gasteiger partial charge in [0.15, 0.2) is 17.4 Å². The van der Waals surface area contributed by atoms with Crippen molar-refractivity contribution in [2.24, 2.45) is 27.6 Å². The molecule has 2 aromatic heterocycles. The zero-order chi connectivity index (χ0) is 31.8. The molecule has 2 saturated heterocycles. The van der Waals surface area contributed by atoms with Gasteiger partial charge in [-0.05, 0) is 12.6 Å². The Morgan fingerprint density at radius 3 is 2.56 bits per heavy atom. The van der Waals surface area contributed by atoms with Gasteiger partial charge in [0.1, 0.15) is 48.9 Å². The fourth-order valence-corrected chi connectivity index (χ4v) is 8.26. The summed E-state index contributed by atoms with van der Waals surface area (Å²) in [6.07, 6.45) is -3.70. The fourth-order valence-electron chi connectivity index (χ4n) is 6.29. The van der Waals surface area contributed by atoms with Gasteiger partial charge in [-0.2, -0.15) is 4.98 Å². The molecule has 45 heavy (non-hydrogen) atoms. The summed E-state index contributed by atoms with van der Waals surface area (Å²) >= 11 is 0. The first-order chi connectivity index (χ1) is 21.3. The lowest BCUT2D eigenvalue weighted by Crippen LogP contribution is -2.48. The molecule has 23 heteroatoms. The molecule has 6 heterocycles. The number of nitrogen functional groups attached to an aromatic ring is 1. The third-order valence-electron chi connectivity index (χ3n) is 8.38. The summed E-state index contributed by atoms with van der Waals surface area (Å²) < 4.78 is 54.6. The van der Waals surface area contributed by atoms with Crippen LogP contribution < -0.4 is 17.0 Å². The van der Waals surface area contributed by atoms with Crippen LogP contribution in [-0.4, -0.2) is 113 Å². The van der Waals surface area contributed by atoms with Crippen LogP contribution >= 0.6 is 15.6 Å². The summed E-state index contributed by atoms with van der Waals surface area (Å²) in [7, 11) is -9.97. The monoisotopic (exact) mass is 673 g/mol. The number of nitrogens with two attached hydrogens (primary N) is 2. The van der Waals surface area contributed by atoms with Gasteiger partial charge in [-0.25, -0.2) is 24.1 Å². The van der Waals surface area contributed by atoms with Crippen molar-refractivity contribution in [1.29, 1.82) is 0 Å². The lowest BCUT2D eigenvalue weighted by atomic mass is 10.0. The van der Waals surface area contributed by atoms with Crippen LogP contribution in [0.3, 0.4) is 0 Å². The van der Waals surface area contributed by atoms with E-state index < -0.39 is 89.3 Å². The van der Waals surface area contributed by atoms with Gasteiger partial charge in [0.2, 0.25) is 5.95 Å². The number of aliphatic hydroxyl groups excluding tert-OH is 2. The van der Waals surface area contributed by atoms with Crippen LogP contribution in [0.1, 0.15) is 12.6 Å². The Bertz CT molecular complexity index is 1750. The first-order valence-corrected chi connectivity index (χ1v) is 16.7. The summed E-state index contributed by atoms with van der Waals surface area (Å²) in [5, 5.41) is 22.3. The van der Waals surface area contributed by atoms with Gasteiger partial charge >= 0.3 is 15.6 Å². The van der Waals surface area contributed by atoms with Crippen LogP contribution in [0, 0.1) is 11.8 Å². The molecule has 2 aromatic rings. The van der Waals surface area contributed by atoms with Crippen molar-refractivity contribution in [3.8, 4) is 0 Å². The van der Waals surface area contributed by atoms with Crippen LogP contribution in [0.2, 0.25) is 0 Å². The maximum absolute atomic E-state index is 13.3. The van der Waals surface area contributed by atoms with E-state index in [1.165, 1.54) is 6.34 Å². The van der Waals surface area contributed by atoms with Gasteiger partial charge in [0.25, 0.3) is 5.56 Å². The third kappa shape index (κ3) is 5.43. The Balaban J connectivity index is 1.17. The average molecular weight is 673 g/mol. The number of aliphatic imine (C=N–C) groups is 2. The first-order valence-electron chi connectivity index (χ1n) is 13.7. The molecule has 0 aromatic carbocycles. The lowest BCUT2D eigenvalue weighted by Gasteiger charge is -2.34. The zero-order valence-corrected chi connectivity index (χ0v) is 24.8. The van der Waals surface area contributed by atoms with E-state index in [1.54, 1.807) is 17.2 Å². The minimum Gasteiger partial charge on any atom is -0.388 e. The molecule has 0 spiro atoms. The third-order valence-corrected chi connectivity index (χ3v) is 10.4. The van der Waals surface area contributed by atoms with Gasteiger partial charge in [-0.3, -0.25) is 32.4 Å². The molecule has 7 rings (SSSR count). The van der Waals surface area contributed by atoms with E-state index in [0.29, 0.717) is 5.84 Å². The standard InChI is InChI=1S/C22H29N9O12P2/c23-17-9-1-2-30(18(9)26-6-25-17)10-3-8-4-39-44(35,36)43-16-14(33)11(5-40-45(37,38)42-15(8)13(10)32)41-21(16)31-7-27-12-19(31)28-22(24)29-20(12)34/h1-2,6-11,13-16,18,21,32-33H,3-5H2,(H,35,36)(H,37,38)(H2,23,25,26)(H3,24,28,29,34). The summed E-state index contributed by atoms with van der Waals surface area (Å²) in [4.78, 5) is 54.0. The maximum atomic E-state index is 13.3. The van der Waals surface area contributed by atoms with Gasteiger partial charge in [0, 0.05) is 5.92 Å². The Kier molecular flexibility index (Phi) is 7.49. The number of aromatic nitrogens is 4. The number of nitrogens with zero attached hydrogens (tertiary/aromatic N) is 6. The number of imidazole rings is 1. The number of anilines is 1. The molecule has 244 valence electrons. The fraction of sp³-hybridized carbons (Fsp3) is 0.591. The van der Waals surface area contributed by atoms with Gasteiger partial charge in [-0.1, -0.05) is 6.08 Å². The van der Waals surface area contributed by atoms with Crippen molar-refractivity contribution in [2.45, 2.75) is 55.4 Å². The smallest absolute Gasteiger partial charge is 0.388 e. The van der Waals surface area contributed by atoms with Crippen molar-refractivity contribution in [3.63, 3.8) is 0 Å². The largest absolute Gasteiger partial charge is 0.472 e.